The Balaban J connectivity index is 1.87. The molecule has 0 spiro atoms. The first kappa shape index (κ1) is 15.4. The number of nitrogens with two attached hydrogens (primary N) is 1. The van der Waals surface area contributed by atoms with Crippen LogP contribution in [0.1, 0.15) is 22.6 Å². The molecule has 3 N–H and O–H groups in total. The van der Waals surface area contributed by atoms with Crippen molar-refractivity contribution in [3.05, 3.63) is 40.8 Å². The van der Waals surface area contributed by atoms with Gasteiger partial charge in [0.25, 0.3) is 0 Å². The van der Waals surface area contributed by atoms with E-state index in [1.807, 2.05) is 32.9 Å². The molecule has 0 unspecified atom stereocenters. The molecule has 0 aliphatic carbocycles. The number of aromatic nitrogens is 1. The second-order valence-electron chi connectivity index (χ2n) is 4.92. The number of hydrogen-bond acceptors (Lipinski definition) is 5. The van der Waals surface area contributed by atoms with Gasteiger partial charge in [-0.15, -0.1) is 11.8 Å². The summed E-state index contributed by atoms with van der Waals surface area (Å²) in [6.45, 7) is 5.72. The molecule has 0 aliphatic heterocycles. The van der Waals surface area contributed by atoms with Crippen molar-refractivity contribution in [1.29, 1.82) is 0 Å². The fourth-order valence-corrected chi connectivity index (χ4v) is 2.89. The Morgan fingerprint density at radius 1 is 1.38 bits per heavy atom. The maximum atomic E-state index is 12.0. The molecule has 0 atom stereocenters. The summed E-state index contributed by atoms with van der Waals surface area (Å²) in [5.74, 6) is 1.86. The topological polar surface area (TPSA) is 81.1 Å². The Kier molecular flexibility index (Phi) is 4.90. The molecule has 6 heteroatoms. The first-order chi connectivity index (χ1) is 9.97. The predicted molar refractivity (Wildman–Crippen MR) is 86.4 cm³/mol. The summed E-state index contributed by atoms with van der Waals surface area (Å²) in [5.41, 5.74) is 10.1. The summed E-state index contributed by atoms with van der Waals surface area (Å²) in [6.07, 6.45) is 0. The van der Waals surface area contributed by atoms with Crippen molar-refractivity contribution < 1.29 is 9.32 Å². The van der Waals surface area contributed by atoms with Crippen molar-refractivity contribution in [2.24, 2.45) is 0 Å². The van der Waals surface area contributed by atoms with Gasteiger partial charge >= 0.3 is 0 Å². The number of nitrogens with zero attached hydrogens (tertiary/aromatic N) is 1. The lowest BCUT2D eigenvalue weighted by Gasteiger charge is -2.09. The monoisotopic (exact) mass is 305 g/mol. The van der Waals surface area contributed by atoms with Crippen molar-refractivity contribution in [2.45, 2.75) is 26.5 Å². The molecule has 0 aliphatic rings. The van der Waals surface area contributed by atoms with Crippen molar-refractivity contribution in [1.82, 2.24) is 5.16 Å². The first-order valence-corrected chi connectivity index (χ1v) is 7.78. The normalized spacial score (nSPS) is 10.6. The third-order valence-corrected chi connectivity index (χ3v) is 4.16. The van der Waals surface area contributed by atoms with Crippen molar-refractivity contribution in [2.75, 3.05) is 16.8 Å². The summed E-state index contributed by atoms with van der Waals surface area (Å²) in [4.78, 5) is 12.0. The summed E-state index contributed by atoms with van der Waals surface area (Å²) < 4.78 is 5.10. The number of rotatable bonds is 5. The summed E-state index contributed by atoms with van der Waals surface area (Å²) in [5, 5.41) is 6.78. The molecule has 2 aromatic rings. The zero-order valence-corrected chi connectivity index (χ0v) is 13.2. The number of nitrogen functional groups attached to an aromatic ring is 1. The fraction of sp³-hybridized carbons (Fsp3) is 0.333. The third-order valence-electron chi connectivity index (χ3n) is 3.20. The van der Waals surface area contributed by atoms with Crippen LogP contribution < -0.4 is 11.1 Å². The maximum Gasteiger partial charge on any atom is 0.234 e. The van der Waals surface area contributed by atoms with Crippen LogP contribution in [0.5, 0.6) is 0 Å². The Morgan fingerprint density at radius 2 is 2.14 bits per heavy atom. The van der Waals surface area contributed by atoms with Crippen LogP contribution in [0.4, 0.5) is 11.4 Å². The largest absolute Gasteiger partial charge is 0.399 e. The number of thioether (sulfide) groups is 1. The highest BCUT2D eigenvalue weighted by Crippen LogP contribution is 2.21. The van der Waals surface area contributed by atoms with Gasteiger partial charge in [0, 0.05) is 22.7 Å². The highest BCUT2D eigenvalue weighted by molar-refractivity contribution is 7.99. The van der Waals surface area contributed by atoms with Crippen LogP contribution in [0.15, 0.2) is 22.7 Å². The van der Waals surface area contributed by atoms with Gasteiger partial charge in [-0.2, -0.15) is 0 Å². The van der Waals surface area contributed by atoms with Gasteiger partial charge in [-0.3, -0.25) is 4.79 Å². The Morgan fingerprint density at radius 3 is 2.81 bits per heavy atom. The molecule has 1 heterocycles. The number of aryl methyl sites for hydroxylation is 3. The average molecular weight is 305 g/mol. The van der Waals surface area contributed by atoms with Gasteiger partial charge in [-0.1, -0.05) is 11.2 Å². The highest BCUT2D eigenvalue weighted by atomic mass is 32.2. The van der Waals surface area contributed by atoms with Crippen LogP contribution in [0.3, 0.4) is 0 Å². The molecule has 1 amide bonds. The van der Waals surface area contributed by atoms with Crippen molar-refractivity contribution in [3.8, 4) is 0 Å². The first-order valence-electron chi connectivity index (χ1n) is 6.63. The molecule has 0 fully saturated rings. The molecule has 112 valence electrons. The smallest absolute Gasteiger partial charge is 0.234 e. The zero-order valence-electron chi connectivity index (χ0n) is 12.4. The van der Waals surface area contributed by atoms with Gasteiger partial charge in [0.1, 0.15) is 5.76 Å². The van der Waals surface area contributed by atoms with Gasteiger partial charge < -0.3 is 15.6 Å². The summed E-state index contributed by atoms with van der Waals surface area (Å²) in [6, 6.07) is 5.48. The minimum atomic E-state index is -0.0412. The molecule has 0 bridgehead atoms. The fourth-order valence-electron chi connectivity index (χ4n) is 1.91. The molecule has 2 rings (SSSR count). The third kappa shape index (κ3) is 4.01. The van der Waals surface area contributed by atoms with E-state index in [1.165, 1.54) is 11.8 Å². The number of anilines is 2. The maximum absolute atomic E-state index is 12.0. The number of nitrogens with one attached hydrogen (secondary N) is 1. The highest BCUT2D eigenvalue weighted by Gasteiger charge is 2.10. The van der Waals surface area contributed by atoms with Crippen molar-refractivity contribution >= 4 is 29.0 Å². The number of amides is 1. The van der Waals surface area contributed by atoms with Crippen LogP contribution in [0.2, 0.25) is 0 Å². The SMILES string of the molecule is Cc1ccc(N)cc1NC(=O)CSCc1c(C)noc1C. The number of benzene rings is 1. The van der Waals surface area contributed by atoms with E-state index < -0.39 is 0 Å². The minimum Gasteiger partial charge on any atom is -0.399 e. The minimum absolute atomic E-state index is 0.0412. The van der Waals surface area contributed by atoms with Crippen LogP contribution in [-0.4, -0.2) is 16.8 Å². The van der Waals surface area contributed by atoms with Gasteiger partial charge in [0.15, 0.2) is 0 Å². The predicted octanol–water partition coefficient (Wildman–Crippen LogP) is 3.05. The second-order valence-corrected chi connectivity index (χ2v) is 5.90. The average Bonchev–Trinajstić information content (AvgIpc) is 2.74. The van der Waals surface area contributed by atoms with E-state index in [9.17, 15) is 4.79 Å². The van der Waals surface area contributed by atoms with E-state index in [2.05, 4.69) is 10.5 Å². The molecule has 0 radical (unpaired) electrons. The van der Waals surface area contributed by atoms with Crippen molar-refractivity contribution in [3.63, 3.8) is 0 Å². The van der Waals surface area contributed by atoms with Crippen LogP contribution in [0.25, 0.3) is 0 Å². The molecule has 0 saturated carbocycles. The van der Waals surface area contributed by atoms with Crippen LogP contribution in [-0.2, 0) is 10.5 Å². The lowest BCUT2D eigenvalue weighted by atomic mass is 10.2. The Labute approximate surface area is 128 Å². The number of carbonyl (C=O) groups excluding carboxylic acids is 1. The van der Waals surface area contributed by atoms with Gasteiger partial charge in [0.05, 0.1) is 11.4 Å². The quantitative estimate of drug-likeness (QED) is 0.830. The summed E-state index contributed by atoms with van der Waals surface area (Å²) in [7, 11) is 0. The van der Waals surface area contributed by atoms with Gasteiger partial charge in [-0.25, -0.2) is 0 Å². The van der Waals surface area contributed by atoms with Gasteiger partial charge in [0.2, 0.25) is 5.91 Å². The second kappa shape index (κ2) is 6.67. The van der Waals surface area contributed by atoms with Crippen LogP contribution >= 0.6 is 11.8 Å². The lowest BCUT2D eigenvalue weighted by Crippen LogP contribution is -2.15. The molecule has 0 saturated heterocycles. The van der Waals surface area contributed by atoms with E-state index in [0.29, 0.717) is 17.2 Å². The Hall–Kier alpha value is -1.95. The van der Waals surface area contributed by atoms with E-state index in [0.717, 1.165) is 28.3 Å². The molecule has 21 heavy (non-hydrogen) atoms. The standard InChI is InChI=1S/C15H19N3O2S/c1-9-4-5-12(16)6-14(9)17-15(19)8-21-7-13-10(2)18-20-11(13)3/h4-6H,7-8,16H2,1-3H3,(H,17,19). The van der Waals surface area contributed by atoms with Gasteiger partial charge in [-0.05, 0) is 38.5 Å². The molecular weight excluding hydrogens is 286 g/mol. The Bertz CT molecular complexity index is 633. The van der Waals surface area contributed by atoms with E-state index in [-0.39, 0.29) is 5.91 Å². The van der Waals surface area contributed by atoms with Crippen LogP contribution in [0, 0.1) is 20.8 Å². The molecular formula is C15H19N3O2S. The molecule has 5 nitrogen and oxygen atoms in total. The van der Waals surface area contributed by atoms with E-state index in [1.54, 1.807) is 6.07 Å². The lowest BCUT2D eigenvalue weighted by molar-refractivity contribution is -0.113. The van der Waals surface area contributed by atoms with E-state index >= 15 is 0 Å². The molecule has 1 aromatic heterocycles. The summed E-state index contributed by atoms with van der Waals surface area (Å²) >= 11 is 1.53. The zero-order chi connectivity index (χ0) is 15.4. The number of hydrogen-bond donors (Lipinski definition) is 2. The molecule has 1 aromatic carbocycles. The number of carbonyl (C=O) groups is 1. The van der Waals surface area contributed by atoms with E-state index in [4.69, 9.17) is 10.3 Å².